The molecule has 1 saturated heterocycles. The predicted molar refractivity (Wildman–Crippen MR) is 91.1 cm³/mol. The second kappa shape index (κ2) is 6.54. The van der Waals surface area contributed by atoms with Crippen LogP contribution in [0.1, 0.15) is 59.3 Å². The van der Waals surface area contributed by atoms with Crippen molar-refractivity contribution in [3.05, 3.63) is 0 Å². The molecule has 0 unspecified atom stereocenters. The van der Waals surface area contributed by atoms with Crippen LogP contribution in [0.25, 0.3) is 0 Å². The number of amides is 1. The van der Waals surface area contributed by atoms with Gasteiger partial charge in [-0.3, -0.25) is 14.5 Å². The highest BCUT2D eigenvalue weighted by Gasteiger charge is 2.55. The molecule has 3 rings (SSSR count). The maximum Gasteiger partial charge on any atom is 0.222 e. The maximum absolute atomic E-state index is 12.2. The van der Waals surface area contributed by atoms with Gasteiger partial charge in [-0.1, -0.05) is 13.8 Å². The van der Waals surface area contributed by atoms with Crippen molar-refractivity contribution in [3.8, 4) is 0 Å². The van der Waals surface area contributed by atoms with Crippen molar-refractivity contribution in [2.45, 2.75) is 65.3 Å². The van der Waals surface area contributed by atoms with E-state index in [-0.39, 0.29) is 0 Å². The van der Waals surface area contributed by atoms with Crippen LogP contribution in [-0.4, -0.2) is 53.7 Å². The van der Waals surface area contributed by atoms with Gasteiger partial charge in [0.25, 0.3) is 0 Å². The van der Waals surface area contributed by atoms with E-state index in [0.29, 0.717) is 41.4 Å². The van der Waals surface area contributed by atoms with Gasteiger partial charge in [0.1, 0.15) is 5.78 Å². The lowest BCUT2D eigenvalue weighted by atomic mass is 9.49. The molecule has 1 aliphatic heterocycles. The zero-order chi connectivity index (χ0) is 16.6. The Hall–Kier alpha value is -0.900. The van der Waals surface area contributed by atoms with Crippen LogP contribution in [-0.2, 0) is 9.59 Å². The Morgan fingerprint density at radius 3 is 2.17 bits per heavy atom. The van der Waals surface area contributed by atoms with Crippen molar-refractivity contribution in [1.82, 2.24) is 9.80 Å². The molecule has 0 aromatic carbocycles. The molecule has 0 atom stereocenters. The molecule has 130 valence electrons. The zero-order valence-electron chi connectivity index (χ0n) is 15.0. The molecule has 4 heteroatoms. The van der Waals surface area contributed by atoms with E-state index in [1.807, 2.05) is 0 Å². The first-order chi connectivity index (χ1) is 10.9. The molecule has 0 aromatic rings. The summed E-state index contributed by atoms with van der Waals surface area (Å²) in [6, 6.07) is 0.704. The molecular formula is C19H32N2O2. The molecule has 1 heterocycles. The Labute approximate surface area is 140 Å². The number of hydrogen-bond donors (Lipinski definition) is 0. The fraction of sp³-hybridized carbons (Fsp3) is 0.895. The summed E-state index contributed by atoms with van der Waals surface area (Å²) in [5.41, 5.74) is 0.505. The quantitative estimate of drug-likeness (QED) is 0.782. The molecule has 23 heavy (non-hydrogen) atoms. The van der Waals surface area contributed by atoms with E-state index in [4.69, 9.17) is 0 Å². The zero-order valence-corrected chi connectivity index (χ0v) is 15.0. The van der Waals surface area contributed by atoms with Gasteiger partial charge in [-0.2, -0.15) is 0 Å². The van der Waals surface area contributed by atoms with Crippen LogP contribution in [0.5, 0.6) is 0 Å². The normalized spacial score (nSPS) is 34.3. The minimum atomic E-state index is 0.340. The van der Waals surface area contributed by atoms with E-state index < -0.39 is 0 Å². The van der Waals surface area contributed by atoms with Gasteiger partial charge < -0.3 is 4.90 Å². The van der Waals surface area contributed by atoms with Crippen molar-refractivity contribution in [1.29, 1.82) is 0 Å². The van der Waals surface area contributed by atoms with Gasteiger partial charge >= 0.3 is 0 Å². The van der Waals surface area contributed by atoms with E-state index >= 15 is 0 Å². The maximum atomic E-state index is 12.2. The summed E-state index contributed by atoms with van der Waals surface area (Å²) in [7, 11) is 0. The van der Waals surface area contributed by atoms with Crippen LogP contribution in [0.3, 0.4) is 0 Å². The van der Waals surface area contributed by atoms with Gasteiger partial charge in [-0.25, -0.2) is 0 Å². The van der Waals surface area contributed by atoms with Crippen molar-refractivity contribution >= 4 is 11.7 Å². The third-order valence-corrected chi connectivity index (χ3v) is 6.39. The first-order valence-electron chi connectivity index (χ1n) is 9.41. The van der Waals surface area contributed by atoms with Gasteiger partial charge in [0.05, 0.1) is 0 Å². The Morgan fingerprint density at radius 1 is 1.04 bits per heavy atom. The van der Waals surface area contributed by atoms with Gasteiger partial charge in [0.2, 0.25) is 5.91 Å². The van der Waals surface area contributed by atoms with Gasteiger partial charge in [0, 0.05) is 44.6 Å². The summed E-state index contributed by atoms with van der Waals surface area (Å²) < 4.78 is 0. The lowest BCUT2D eigenvalue weighted by molar-refractivity contribution is -0.142. The second-order valence-electron chi connectivity index (χ2n) is 8.63. The van der Waals surface area contributed by atoms with Gasteiger partial charge in [-0.05, 0) is 50.4 Å². The third kappa shape index (κ3) is 3.62. The van der Waals surface area contributed by atoms with Crippen molar-refractivity contribution in [2.75, 3.05) is 26.2 Å². The summed E-state index contributed by atoms with van der Waals surface area (Å²) in [4.78, 5) is 28.2. The standard InChI is InChI=1S/C19H32N2O2/c1-14(2)4-5-18(23)21-8-6-20(7-9-21)17-12-19(13-17)10-16(11-19)15(3)22/h14,16-17H,4-13H2,1-3H3. The number of hydrogen-bond acceptors (Lipinski definition) is 3. The molecule has 0 aromatic heterocycles. The molecular weight excluding hydrogens is 288 g/mol. The number of nitrogens with zero attached hydrogens (tertiary/aromatic N) is 2. The fourth-order valence-electron chi connectivity index (χ4n) is 4.71. The SMILES string of the molecule is CC(=O)C1CC2(C1)CC(N1CCN(C(=O)CCC(C)C)CC1)C2. The monoisotopic (exact) mass is 320 g/mol. The smallest absolute Gasteiger partial charge is 0.222 e. The molecule has 4 nitrogen and oxygen atoms in total. The average molecular weight is 320 g/mol. The topological polar surface area (TPSA) is 40.6 Å². The van der Waals surface area contributed by atoms with Crippen molar-refractivity contribution in [3.63, 3.8) is 0 Å². The van der Waals surface area contributed by atoms with E-state index in [1.54, 1.807) is 6.92 Å². The van der Waals surface area contributed by atoms with Gasteiger partial charge in [0.15, 0.2) is 0 Å². The Balaban J connectivity index is 1.36. The highest BCUT2D eigenvalue weighted by Crippen LogP contribution is 2.60. The van der Waals surface area contributed by atoms with E-state index in [9.17, 15) is 9.59 Å². The number of piperazine rings is 1. The average Bonchev–Trinajstić information content (AvgIpc) is 2.42. The van der Waals surface area contributed by atoms with Crippen LogP contribution in [0, 0.1) is 17.3 Å². The molecule has 0 bridgehead atoms. The minimum absolute atomic E-state index is 0.340. The van der Waals surface area contributed by atoms with Crippen LogP contribution < -0.4 is 0 Å². The van der Waals surface area contributed by atoms with E-state index in [2.05, 4.69) is 23.6 Å². The summed E-state index contributed by atoms with van der Waals surface area (Å²) in [6.45, 7) is 9.95. The molecule has 3 fully saturated rings. The summed E-state index contributed by atoms with van der Waals surface area (Å²) in [5, 5.41) is 0. The number of carbonyl (C=O) groups is 2. The van der Waals surface area contributed by atoms with E-state index in [1.165, 1.54) is 12.8 Å². The second-order valence-corrected chi connectivity index (χ2v) is 8.63. The first-order valence-corrected chi connectivity index (χ1v) is 9.41. The Morgan fingerprint density at radius 2 is 1.65 bits per heavy atom. The number of ketones is 1. The summed E-state index contributed by atoms with van der Waals surface area (Å²) >= 11 is 0. The van der Waals surface area contributed by atoms with E-state index in [0.717, 1.165) is 45.4 Å². The van der Waals surface area contributed by atoms with Crippen LogP contribution >= 0.6 is 0 Å². The van der Waals surface area contributed by atoms with Crippen LogP contribution in [0.2, 0.25) is 0 Å². The third-order valence-electron chi connectivity index (χ3n) is 6.39. The summed E-state index contributed by atoms with van der Waals surface area (Å²) in [6.07, 6.45) is 6.52. The highest BCUT2D eigenvalue weighted by molar-refractivity contribution is 5.79. The fourth-order valence-corrected chi connectivity index (χ4v) is 4.71. The molecule has 0 radical (unpaired) electrons. The number of Topliss-reactive ketones (excluding diaryl/α,β-unsaturated/α-hetero) is 1. The predicted octanol–water partition coefficient (Wildman–Crippen LogP) is 2.71. The number of carbonyl (C=O) groups excluding carboxylic acids is 2. The molecule has 2 saturated carbocycles. The molecule has 1 amide bonds. The lowest BCUT2D eigenvalue weighted by Crippen LogP contribution is -2.61. The number of rotatable bonds is 5. The molecule has 1 spiro atoms. The Bertz CT molecular complexity index is 452. The van der Waals surface area contributed by atoms with Crippen molar-refractivity contribution < 1.29 is 9.59 Å². The van der Waals surface area contributed by atoms with Crippen molar-refractivity contribution in [2.24, 2.45) is 17.3 Å². The minimum Gasteiger partial charge on any atom is -0.340 e. The summed E-state index contributed by atoms with van der Waals surface area (Å²) in [5.74, 6) is 1.68. The van der Waals surface area contributed by atoms with Crippen LogP contribution in [0.15, 0.2) is 0 Å². The molecule has 2 aliphatic carbocycles. The first kappa shape index (κ1) is 16.9. The Kier molecular flexibility index (Phi) is 4.82. The molecule has 3 aliphatic rings. The van der Waals surface area contributed by atoms with Crippen LogP contribution in [0.4, 0.5) is 0 Å². The largest absolute Gasteiger partial charge is 0.340 e. The molecule has 0 N–H and O–H groups in total. The van der Waals surface area contributed by atoms with Gasteiger partial charge in [-0.15, -0.1) is 0 Å². The lowest BCUT2D eigenvalue weighted by Gasteiger charge is -2.60. The highest BCUT2D eigenvalue weighted by atomic mass is 16.2.